The van der Waals surface area contributed by atoms with Gasteiger partial charge in [0.2, 0.25) is 0 Å². The molecule has 1 saturated carbocycles. The molecule has 0 amide bonds. The number of benzene rings is 1. The second-order valence-electron chi connectivity index (χ2n) is 6.97. The van der Waals surface area contributed by atoms with Crippen LogP contribution in [0.25, 0.3) is 0 Å². The highest BCUT2D eigenvalue weighted by Gasteiger charge is 2.32. The van der Waals surface area contributed by atoms with E-state index in [9.17, 15) is 23.1 Å². The molecule has 2 rings (SSSR count). The molecule has 0 unspecified atom stereocenters. The third-order valence-corrected chi connectivity index (χ3v) is 5.25. The molecule has 0 bridgehead atoms. The zero-order chi connectivity index (χ0) is 20.0. The van der Waals surface area contributed by atoms with E-state index in [2.05, 4.69) is 4.90 Å². The molecule has 27 heavy (non-hydrogen) atoms. The number of ether oxygens (including phenoxy) is 1. The number of carbonyl (C=O) groups is 1. The third kappa shape index (κ3) is 5.61. The fourth-order valence-corrected chi connectivity index (χ4v) is 3.91. The molecule has 1 aromatic carbocycles. The normalized spacial score (nSPS) is 20.4. The summed E-state index contributed by atoms with van der Waals surface area (Å²) >= 11 is 0. The summed E-state index contributed by atoms with van der Waals surface area (Å²) in [6.45, 7) is 4.34. The van der Waals surface area contributed by atoms with Crippen LogP contribution in [0.1, 0.15) is 57.1 Å². The minimum atomic E-state index is -4.43. The smallest absolute Gasteiger partial charge is 0.416 e. The number of carbonyl (C=O) groups excluding carboxylic acids is 1. The molecule has 0 aromatic heterocycles. The fraction of sp³-hybridized carbons (Fsp3) is 0.650. The highest BCUT2D eigenvalue weighted by atomic mass is 19.4. The lowest BCUT2D eigenvalue weighted by Crippen LogP contribution is -2.39. The van der Waals surface area contributed by atoms with Crippen molar-refractivity contribution in [1.82, 2.24) is 0 Å². The van der Waals surface area contributed by atoms with Crippen molar-refractivity contribution in [2.45, 2.75) is 64.8 Å². The van der Waals surface area contributed by atoms with Crippen molar-refractivity contribution >= 4 is 11.7 Å². The predicted molar refractivity (Wildman–Crippen MR) is 97.4 cm³/mol. The molecule has 1 fully saturated rings. The lowest BCUT2D eigenvalue weighted by Gasteiger charge is -2.38. The number of anilines is 1. The van der Waals surface area contributed by atoms with Crippen molar-refractivity contribution in [2.75, 3.05) is 18.1 Å². The molecule has 1 aliphatic carbocycles. The van der Waals surface area contributed by atoms with Crippen LogP contribution in [0.5, 0.6) is 0 Å². The molecule has 0 heterocycles. The molecule has 4 nitrogen and oxygen atoms in total. The van der Waals surface area contributed by atoms with E-state index in [1.54, 1.807) is 6.92 Å². The molecule has 0 atom stereocenters. The second-order valence-corrected chi connectivity index (χ2v) is 6.97. The van der Waals surface area contributed by atoms with Crippen LogP contribution in [0.3, 0.4) is 0 Å². The highest BCUT2D eigenvalue weighted by molar-refractivity contribution is 5.69. The summed E-state index contributed by atoms with van der Waals surface area (Å²) in [7, 11) is 0. The molecular formula is C20H28F3NO3. The maximum absolute atomic E-state index is 12.9. The fourth-order valence-electron chi connectivity index (χ4n) is 3.91. The summed E-state index contributed by atoms with van der Waals surface area (Å²) < 4.78 is 43.8. The van der Waals surface area contributed by atoms with Gasteiger partial charge in [0.05, 0.1) is 18.8 Å². The van der Waals surface area contributed by atoms with Crippen LogP contribution in [0.15, 0.2) is 18.2 Å². The molecule has 0 aliphatic heterocycles. The zero-order valence-electron chi connectivity index (χ0n) is 15.9. The number of aliphatic hydroxyl groups excluding tert-OH is 1. The van der Waals surface area contributed by atoms with Crippen molar-refractivity contribution in [2.24, 2.45) is 5.92 Å². The molecule has 1 aliphatic rings. The molecule has 1 aromatic rings. The second kappa shape index (κ2) is 9.44. The first kappa shape index (κ1) is 21.5. The van der Waals surface area contributed by atoms with Gasteiger partial charge in [-0.25, -0.2) is 0 Å². The van der Waals surface area contributed by atoms with Gasteiger partial charge in [-0.1, -0.05) is 0 Å². The van der Waals surface area contributed by atoms with Gasteiger partial charge in [-0.15, -0.1) is 0 Å². The minimum Gasteiger partial charge on any atom is -0.466 e. The molecule has 0 radical (unpaired) electrons. The third-order valence-electron chi connectivity index (χ3n) is 5.25. The van der Waals surface area contributed by atoms with Gasteiger partial charge in [-0.05, 0) is 63.6 Å². The van der Waals surface area contributed by atoms with Crippen LogP contribution >= 0.6 is 0 Å². The van der Waals surface area contributed by atoms with Gasteiger partial charge in [0.25, 0.3) is 0 Å². The average molecular weight is 387 g/mol. The lowest BCUT2D eigenvalue weighted by atomic mass is 9.83. The van der Waals surface area contributed by atoms with E-state index in [-0.39, 0.29) is 12.0 Å². The molecule has 152 valence electrons. The molecular weight excluding hydrogens is 359 g/mol. The summed E-state index contributed by atoms with van der Waals surface area (Å²) in [6, 6.07) is 3.76. The quantitative estimate of drug-likeness (QED) is 0.698. The number of alkyl halides is 3. The van der Waals surface area contributed by atoms with Gasteiger partial charge in [-0.2, -0.15) is 13.2 Å². The summed E-state index contributed by atoms with van der Waals surface area (Å²) in [5, 5.41) is 9.60. The molecule has 0 spiro atoms. The molecule has 7 heteroatoms. The monoisotopic (exact) mass is 387 g/mol. The molecule has 0 saturated heterocycles. The standard InChI is InChI=1S/C20H28F3NO3/c1-3-24(17-8-5-14(6-9-17)11-19(26)27-4-2)18-10-7-16(20(21,22)23)12-15(18)13-25/h7,10,12,14,17,25H,3-6,8-9,11,13H2,1-2H3. The van der Waals surface area contributed by atoms with Crippen LogP contribution in [-0.2, 0) is 22.3 Å². The number of esters is 1. The van der Waals surface area contributed by atoms with Gasteiger partial charge < -0.3 is 14.7 Å². The van der Waals surface area contributed by atoms with Gasteiger partial charge in [0.1, 0.15) is 0 Å². The van der Waals surface area contributed by atoms with E-state index in [1.165, 1.54) is 6.07 Å². The van der Waals surface area contributed by atoms with E-state index >= 15 is 0 Å². The number of hydrogen-bond acceptors (Lipinski definition) is 4. The largest absolute Gasteiger partial charge is 0.466 e. The first-order valence-electron chi connectivity index (χ1n) is 9.53. The van der Waals surface area contributed by atoms with Gasteiger partial charge >= 0.3 is 12.1 Å². The highest BCUT2D eigenvalue weighted by Crippen LogP contribution is 2.36. The summed E-state index contributed by atoms with van der Waals surface area (Å²) in [4.78, 5) is 13.7. The van der Waals surface area contributed by atoms with Gasteiger partial charge in [-0.3, -0.25) is 4.79 Å². The SMILES string of the molecule is CCOC(=O)CC1CCC(N(CC)c2ccc(C(F)(F)F)cc2CO)CC1. The van der Waals surface area contributed by atoms with Crippen molar-refractivity contribution in [3.05, 3.63) is 29.3 Å². The Bertz CT molecular complexity index is 625. The van der Waals surface area contributed by atoms with E-state index in [1.807, 2.05) is 6.92 Å². The number of rotatable bonds is 7. The lowest BCUT2D eigenvalue weighted by molar-refractivity contribution is -0.144. The molecule has 1 N–H and O–H groups in total. The minimum absolute atomic E-state index is 0.168. The Balaban J connectivity index is 2.08. The van der Waals surface area contributed by atoms with Crippen LogP contribution in [0.2, 0.25) is 0 Å². The maximum Gasteiger partial charge on any atom is 0.416 e. The van der Waals surface area contributed by atoms with Crippen LogP contribution in [0.4, 0.5) is 18.9 Å². The van der Waals surface area contributed by atoms with Crippen molar-refractivity contribution in [3.8, 4) is 0 Å². The summed E-state index contributed by atoms with van der Waals surface area (Å²) in [5.74, 6) is 0.127. The average Bonchev–Trinajstić information content (AvgIpc) is 2.63. The Morgan fingerprint density at radius 2 is 1.89 bits per heavy atom. The summed E-state index contributed by atoms with van der Waals surface area (Å²) in [6.07, 6.45) is -0.503. The Kier molecular flexibility index (Phi) is 7.53. The number of nitrogens with zero attached hydrogens (tertiary/aromatic N) is 1. The van der Waals surface area contributed by atoms with Crippen LogP contribution < -0.4 is 4.90 Å². The Morgan fingerprint density at radius 3 is 2.41 bits per heavy atom. The van der Waals surface area contributed by atoms with Gasteiger partial charge in [0, 0.05) is 30.3 Å². The van der Waals surface area contributed by atoms with E-state index in [4.69, 9.17) is 4.74 Å². The first-order chi connectivity index (χ1) is 12.8. The van der Waals surface area contributed by atoms with Crippen molar-refractivity contribution < 1.29 is 27.8 Å². The number of halogens is 3. The van der Waals surface area contributed by atoms with E-state index in [0.29, 0.717) is 36.7 Å². The zero-order valence-corrected chi connectivity index (χ0v) is 15.9. The number of hydrogen-bond donors (Lipinski definition) is 1. The van der Waals surface area contributed by atoms with Crippen molar-refractivity contribution in [1.29, 1.82) is 0 Å². The number of aliphatic hydroxyl groups is 1. The van der Waals surface area contributed by atoms with Crippen LogP contribution in [-0.4, -0.2) is 30.3 Å². The first-order valence-corrected chi connectivity index (χ1v) is 9.53. The van der Waals surface area contributed by atoms with E-state index in [0.717, 1.165) is 37.8 Å². The maximum atomic E-state index is 12.9. The van der Waals surface area contributed by atoms with Crippen LogP contribution in [0, 0.1) is 5.92 Å². The predicted octanol–water partition coefficient (Wildman–Crippen LogP) is 4.54. The summed E-state index contributed by atoms with van der Waals surface area (Å²) in [5.41, 5.74) is 0.201. The Morgan fingerprint density at radius 1 is 1.22 bits per heavy atom. The van der Waals surface area contributed by atoms with Crippen molar-refractivity contribution in [3.63, 3.8) is 0 Å². The topological polar surface area (TPSA) is 49.8 Å². The van der Waals surface area contributed by atoms with Gasteiger partial charge in [0.15, 0.2) is 0 Å². The Labute approximate surface area is 158 Å². The Hall–Kier alpha value is -1.76. The van der Waals surface area contributed by atoms with E-state index < -0.39 is 18.3 Å².